The second kappa shape index (κ2) is 5.23. The normalized spacial score (nSPS) is 22.0. The number of likely N-dealkylation sites (N-methyl/N-ethyl adjacent to an activating group) is 1. The van der Waals surface area contributed by atoms with E-state index in [1.807, 2.05) is 0 Å². The first-order valence-electron chi connectivity index (χ1n) is 6.61. The number of nitrogens with one attached hydrogen (secondary N) is 1. The van der Waals surface area contributed by atoms with Gasteiger partial charge in [-0.05, 0) is 51.9 Å². The van der Waals surface area contributed by atoms with Crippen molar-refractivity contribution in [1.29, 1.82) is 0 Å². The first-order chi connectivity index (χ1) is 8.08. The SMILES string of the molecule is Cc1cc(CNC2CCCN(C)C2)c(C)n1C. The van der Waals surface area contributed by atoms with Crippen LogP contribution in [0.1, 0.15) is 29.8 Å². The minimum absolute atomic E-state index is 0.661. The second-order valence-corrected chi connectivity index (χ2v) is 5.44. The van der Waals surface area contributed by atoms with E-state index in [2.05, 4.69) is 48.8 Å². The fraction of sp³-hybridized carbons (Fsp3) is 0.714. The van der Waals surface area contributed by atoms with Crippen LogP contribution >= 0.6 is 0 Å². The molecule has 0 radical (unpaired) electrons. The molecule has 1 N–H and O–H groups in total. The second-order valence-electron chi connectivity index (χ2n) is 5.44. The Kier molecular flexibility index (Phi) is 3.89. The van der Waals surface area contributed by atoms with Crippen LogP contribution in [0.3, 0.4) is 0 Å². The summed E-state index contributed by atoms with van der Waals surface area (Å²) in [6.45, 7) is 7.82. The minimum Gasteiger partial charge on any atom is -0.352 e. The molecule has 1 atom stereocenters. The molecule has 0 saturated carbocycles. The van der Waals surface area contributed by atoms with E-state index in [1.165, 1.54) is 42.9 Å². The van der Waals surface area contributed by atoms with Gasteiger partial charge in [-0.1, -0.05) is 0 Å². The molecular weight excluding hydrogens is 210 g/mol. The number of aromatic nitrogens is 1. The average molecular weight is 235 g/mol. The van der Waals surface area contributed by atoms with Crippen molar-refractivity contribution in [2.45, 2.75) is 39.3 Å². The summed E-state index contributed by atoms with van der Waals surface area (Å²) < 4.78 is 2.27. The van der Waals surface area contributed by atoms with Crippen LogP contribution in [0, 0.1) is 13.8 Å². The molecule has 0 aliphatic carbocycles. The van der Waals surface area contributed by atoms with E-state index in [4.69, 9.17) is 0 Å². The van der Waals surface area contributed by atoms with Gasteiger partial charge in [0.05, 0.1) is 0 Å². The van der Waals surface area contributed by atoms with E-state index in [0.717, 1.165) is 6.54 Å². The highest BCUT2D eigenvalue weighted by molar-refractivity contribution is 5.26. The summed E-state index contributed by atoms with van der Waals surface area (Å²) in [7, 11) is 4.36. The summed E-state index contributed by atoms with van der Waals surface area (Å²) in [5, 5.41) is 3.69. The van der Waals surface area contributed by atoms with Crippen LogP contribution in [0.15, 0.2) is 6.07 Å². The third kappa shape index (κ3) is 2.90. The number of hydrogen-bond acceptors (Lipinski definition) is 2. The van der Waals surface area contributed by atoms with Gasteiger partial charge >= 0.3 is 0 Å². The van der Waals surface area contributed by atoms with Gasteiger partial charge in [0.25, 0.3) is 0 Å². The summed E-state index contributed by atoms with van der Waals surface area (Å²) in [4.78, 5) is 2.42. The molecule has 1 aliphatic rings. The molecule has 0 spiro atoms. The minimum atomic E-state index is 0.661. The Balaban J connectivity index is 1.91. The number of piperidine rings is 1. The summed E-state index contributed by atoms with van der Waals surface area (Å²) >= 11 is 0. The molecule has 0 bridgehead atoms. The lowest BCUT2D eigenvalue weighted by Gasteiger charge is -2.30. The molecule has 1 aromatic heterocycles. The van der Waals surface area contributed by atoms with Crippen LogP contribution in [0.4, 0.5) is 0 Å². The predicted molar refractivity (Wildman–Crippen MR) is 72.2 cm³/mol. The van der Waals surface area contributed by atoms with Crippen molar-refractivity contribution in [3.63, 3.8) is 0 Å². The summed E-state index contributed by atoms with van der Waals surface area (Å²) in [5.41, 5.74) is 4.18. The summed E-state index contributed by atoms with van der Waals surface area (Å²) in [5.74, 6) is 0. The fourth-order valence-corrected chi connectivity index (χ4v) is 2.70. The van der Waals surface area contributed by atoms with Gasteiger partial charge in [0.1, 0.15) is 0 Å². The number of likely N-dealkylation sites (tertiary alicyclic amines) is 1. The molecule has 1 aromatic rings. The van der Waals surface area contributed by atoms with Crippen molar-refractivity contribution in [3.05, 3.63) is 23.0 Å². The highest BCUT2D eigenvalue weighted by Crippen LogP contribution is 2.14. The summed E-state index contributed by atoms with van der Waals surface area (Å²) in [6, 6.07) is 2.96. The van der Waals surface area contributed by atoms with Crippen molar-refractivity contribution >= 4 is 0 Å². The zero-order valence-electron chi connectivity index (χ0n) is 11.6. The van der Waals surface area contributed by atoms with Gasteiger partial charge < -0.3 is 14.8 Å². The van der Waals surface area contributed by atoms with Crippen molar-refractivity contribution in [1.82, 2.24) is 14.8 Å². The maximum Gasteiger partial charge on any atom is 0.0226 e. The molecule has 1 unspecified atom stereocenters. The van der Waals surface area contributed by atoms with Gasteiger partial charge in [-0.3, -0.25) is 0 Å². The van der Waals surface area contributed by atoms with Gasteiger partial charge in [0, 0.05) is 37.6 Å². The monoisotopic (exact) mass is 235 g/mol. The van der Waals surface area contributed by atoms with E-state index in [-0.39, 0.29) is 0 Å². The third-order valence-electron chi connectivity index (χ3n) is 4.09. The first-order valence-corrected chi connectivity index (χ1v) is 6.61. The summed E-state index contributed by atoms with van der Waals surface area (Å²) in [6.07, 6.45) is 2.64. The van der Waals surface area contributed by atoms with Crippen molar-refractivity contribution in [2.75, 3.05) is 20.1 Å². The van der Waals surface area contributed by atoms with Crippen molar-refractivity contribution < 1.29 is 0 Å². The molecule has 2 heterocycles. The largest absolute Gasteiger partial charge is 0.352 e. The van der Waals surface area contributed by atoms with E-state index in [0.29, 0.717) is 6.04 Å². The first kappa shape index (κ1) is 12.7. The van der Waals surface area contributed by atoms with Crippen LogP contribution in [-0.2, 0) is 13.6 Å². The zero-order chi connectivity index (χ0) is 12.4. The molecule has 3 nitrogen and oxygen atoms in total. The van der Waals surface area contributed by atoms with E-state index in [9.17, 15) is 0 Å². The smallest absolute Gasteiger partial charge is 0.0226 e. The average Bonchev–Trinajstić information content (AvgIpc) is 2.54. The number of rotatable bonds is 3. The Morgan fingerprint density at radius 3 is 2.71 bits per heavy atom. The van der Waals surface area contributed by atoms with Crippen LogP contribution in [0.25, 0.3) is 0 Å². The molecular formula is C14H25N3. The fourth-order valence-electron chi connectivity index (χ4n) is 2.70. The number of nitrogens with zero attached hydrogens (tertiary/aromatic N) is 2. The molecule has 96 valence electrons. The predicted octanol–water partition coefficient (Wildman–Crippen LogP) is 1.83. The van der Waals surface area contributed by atoms with E-state index in [1.54, 1.807) is 0 Å². The van der Waals surface area contributed by atoms with E-state index < -0.39 is 0 Å². The highest BCUT2D eigenvalue weighted by Gasteiger charge is 2.17. The Morgan fingerprint density at radius 1 is 1.35 bits per heavy atom. The molecule has 1 saturated heterocycles. The Labute approximate surface area is 105 Å². The number of hydrogen-bond donors (Lipinski definition) is 1. The van der Waals surface area contributed by atoms with Gasteiger partial charge in [-0.15, -0.1) is 0 Å². The number of aryl methyl sites for hydroxylation is 1. The Morgan fingerprint density at radius 2 is 2.12 bits per heavy atom. The lowest BCUT2D eigenvalue weighted by molar-refractivity contribution is 0.226. The maximum absolute atomic E-state index is 3.69. The highest BCUT2D eigenvalue weighted by atomic mass is 15.1. The van der Waals surface area contributed by atoms with Gasteiger partial charge in [-0.2, -0.15) is 0 Å². The van der Waals surface area contributed by atoms with Crippen LogP contribution in [0.2, 0.25) is 0 Å². The van der Waals surface area contributed by atoms with Gasteiger partial charge in [0.15, 0.2) is 0 Å². The standard InChI is InChI=1S/C14H25N3/c1-11-8-13(12(2)17(11)4)9-15-14-6-5-7-16(3)10-14/h8,14-15H,5-7,9-10H2,1-4H3. The maximum atomic E-state index is 3.69. The lowest BCUT2D eigenvalue weighted by Crippen LogP contribution is -2.43. The molecule has 1 fully saturated rings. The van der Waals surface area contributed by atoms with E-state index >= 15 is 0 Å². The molecule has 2 rings (SSSR count). The molecule has 0 amide bonds. The Hall–Kier alpha value is -0.800. The van der Waals surface area contributed by atoms with Gasteiger partial charge in [-0.25, -0.2) is 0 Å². The third-order valence-corrected chi connectivity index (χ3v) is 4.09. The lowest BCUT2D eigenvalue weighted by atomic mass is 10.1. The molecule has 3 heteroatoms. The quantitative estimate of drug-likeness (QED) is 0.862. The van der Waals surface area contributed by atoms with Crippen LogP contribution < -0.4 is 5.32 Å². The Bertz CT molecular complexity index is 381. The van der Waals surface area contributed by atoms with Crippen molar-refractivity contribution in [3.8, 4) is 0 Å². The van der Waals surface area contributed by atoms with Crippen LogP contribution in [0.5, 0.6) is 0 Å². The topological polar surface area (TPSA) is 20.2 Å². The van der Waals surface area contributed by atoms with Crippen molar-refractivity contribution in [2.24, 2.45) is 7.05 Å². The van der Waals surface area contributed by atoms with Gasteiger partial charge in [0.2, 0.25) is 0 Å². The van der Waals surface area contributed by atoms with Crippen LogP contribution in [-0.4, -0.2) is 35.6 Å². The zero-order valence-corrected chi connectivity index (χ0v) is 11.6. The molecule has 17 heavy (non-hydrogen) atoms. The molecule has 1 aliphatic heterocycles. The molecule has 0 aromatic carbocycles.